The largest absolute Gasteiger partial charge is 0.327 e. The van der Waals surface area contributed by atoms with Gasteiger partial charge in [-0.15, -0.1) is 0 Å². The van der Waals surface area contributed by atoms with Gasteiger partial charge in [0.1, 0.15) is 5.82 Å². The number of hydrogen-bond acceptors (Lipinski definition) is 2. The Hall–Kier alpha value is -0.930. The number of benzene rings is 1. The normalized spacial score (nSPS) is 32.0. The van der Waals surface area contributed by atoms with Gasteiger partial charge in [0.25, 0.3) is 0 Å². The van der Waals surface area contributed by atoms with Gasteiger partial charge in [-0.05, 0) is 55.7 Å². The molecule has 4 unspecified atom stereocenters. The zero-order valence-electron chi connectivity index (χ0n) is 12.3. The molecule has 4 atom stereocenters. The van der Waals surface area contributed by atoms with E-state index in [1.807, 2.05) is 6.07 Å². The Labute approximate surface area is 121 Å². The molecule has 3 heteroatoms. The van der Waals surface area contributed by atoms with E-state index in [9.17, 15) is 4.39 Å². The van der Waals surface area contributed by atoms with E-state index in [1.54, 1.807) is 12.1 Å². The first-order valence-corrected chi connectivity index (χ1v) is 7.87. The number of hydrogen-bond donors (Lipinski definition) is 1. The fourth-order valence-electron chi connectivity index (χ4n) is 4.05. The molecule has 20 heavy (non-hydrogen) atoms. The lowest BCUT2D eigenvalue weighted by atomic mass is 9.78. The third-order valence-corrected chi connectivity index (χ3v) is 5.23. The summed E-state index contributed by atoms with van der Waals surface area (Å²) in [6.45, 7) is 4.56. The Morgan fingerprint density at radius 2 is 2.20 bits per heavy atom. The molecule has 1 heterocycles. The number of likely N-dealkylation sites (tertiary alicyclic amines) is 1. The van der Waals surface area contributed by atoms with E-state index in [2.05, 4.69) is 11.8 Å². The fraction of sp³-hybridized carbons (Fsp3) is 0.647. The van der Waals surface area contributed by atoms with Crippen LogP contribution in [0.1, 0.15) is 31.7 Å². The minimum atomic E-state index is -0.133. The lowest BCUT2D eigenvalue weighted by Gasteiger charge is -2.30. The van der Waals surface area contributed by atoms with Crippen LogP contribution in [0.2, 0.25) is 0 Å². The third kappa shape index (κ3) is 2.89. The maximum Gasteiger partial charge on any atom is 0.123 e. The minimum absolute atomic E-state index is 0.133. The average Bonchev–Trinajstić information content (AvgIpc) is 2.84. The fourth-order valence-corrected chi connectivity index (χ4v) is 4.05. The van der Waals surface area contributed by atoms with Crippen molar-refractivity contribution in [3.05, 3.63) is 35.6 Å². The molecule has 0 spiro atoms. The Kier molecular flexibility index (Phi) is 4.08. The smallest absolute Gasteiger partial charge is 0.123 e. The molecule has 2 aliphatic rings. The molecule has 2 nitrogen and oxygen atoms in total. The number of nitrogens with zero attached hydrogens (tertiary/aromatic N) is 1. The summed E-state index contributed by atoms with van der Waals surface area (Å²) in [7, 11) is 0. The maximum atomic E-state index is 13.3. The molecule has 1 aliphatic carbocycles. The van der Waals surface area contributed by atoms with Crippen LogP contribution < -0.4 is 5.73 Å². The van der Waals surface area contributed by atoms with Crippen molar-refractivity contribution in [2.24, 2.45) is 17.6 Å². The van der Waals surface area contributed by atoms with Gasteiger partial charge in [-0.25, -0.2) is 4.39 Å². The second-order valence-electron chi connectivity index (χ2n) is 6.66. The van der Waals surface area contributed by atoms with Crippen LogP contribution in [0.5, 0.6) is 0 Å². The highest BCUT2D eigenvalue weighted by molar-refractivity contribution is 5.17. The third-order valence-electron chi connectivity index (χ3n) is 5.23. The van der Waals surface area contributed by atoms with Gasteiger partial charge in [-0.2, -0.15) is 0 Å². The first-order chi connectivity index (χ1) is 9.63. The molecule has 1 aliphatic heterocycles. The Morgan fingerprint density at radius 1 is 1.35 bits per heavy atom. The summed E-state index contributed by atoms with van der Waals surface area (Å²) in [5.41, 5.74) is 7.37. The molecule has 0 amide bonds. The van der Waals surface area contributed by atoms with E-state index in [4.69, 9.17) is 5.73 Å². The van der Waals surface area contributed by atoms with Crippen LogP contribution in [0.25, 0.3) is 0 Å². The van der Waals surface area contributed by atoms with Crippen LogP contribution in [-0.4, -0.2) is 30.1 Å². The van der Waals surface area contributed by atoms with E-state index in [-0.39, 0.29) is 5.82 Å². The Bertz CT molecular complexity index is 462. The topological polar surface area (TPSA) is 29.3 Å². The summed E-state index contributed by atoms with van der Waals surface area (Å²) in [5, 5.41) is 0. The van der Waals surface area contributed by atoms with Crippen LogP contribution in [0.3, 0.4) is 0 Å². The summed E-state index contributed by atoms with van der Waals surface area (Å²) in [6.07, 6.45) is 4.73. The predicted octanol–water partition coefficient (Wildman–Crippen LogP) is 2.82. The van der Waals surface area contributed by atoms with E-state index in [0.29, 0.717) is 18.0 Å². The van der Waals surface area contributed by atoms with E-state index in [1.165, 1.54) is 31.9 Å². The molecular weight excluding hydrogens is 251 g/mol. The van der Waals surface area contributed by atoms with Crippen molar-refractivity contribution < 1.29 is 4.39 Å². The van der Waals surface area contributed by atoms with Crippen molar-refractivity contribution in [3.8, 4) is 0 Å². The highest BCUT2D eigenvalue weighted by Crippen LogP contribution is 2.36. The zero-order chi connectivity index (χ0) is 14.1. The van der Waals surface area contributed by atoms with Crippen LogP contribution >= 0.6 is 0 Å². The van der Waals surface area contributed by atoms with Crippen LogP contribution in [0.15, 0.2) is 24.3 Å². The minimum Gasteiger partial charge on any atom is -0.327 e. The van der Waals surface area contributed by atoms with Crippen molar-refractivity contribution in [2.45, 2.75) is 44.7 Å². The first-order valence-electron chi connectivity index (χ1n) is 7.87. The highest BCUT2D eigenvalue weighted by atomic mass is 19.1. The summed E-state index contributed by atoms with van der Waals surface area (Å²) >= 11 is 0. The Morgan fingerprint density at radius 3 is 2.95 bits per heavy atom. The zero-order valence-corrected chi connectivity index (χ0v) is 12.3. The standard InChI is InChI=1S/C17H25FN2/c1-12(8-13-4-2-6-15(18)9-13)20-10-14-5-3-7-17(19)16(14)11-20/h2,4,6,9,12,14,16-17H,3,5,7-8,10-11,19H2,1H3. The molecule has 110 valence electrons. The van der Waals surface area contributed by atoms with Crippen molar-refractivity contribution >= 4 is 0 Å². The summed E-state index contributed by atoms with van der Waals surface area (Å²) in [6, 6.07) is 7.85. The summed E-state index contributed by atoms with van der Waals surface area (Å²) < 4.78 is 13.3. The summed E-state index contributed by atoms with van der Waals surface area (Å²) in [5.74, 6) is 1.33. The van der Waals surface area contributed by atoms with E-state index < -0.39 is 0 Å². The van der Waals surface area contributed by atoms with Crippen molar-refractivity contribution in [3.63, 3.8) is 0 Å². The van der Waals surface area contributed by atoms with Crippen molar-refractivity contribution in [1.29, 1.82) is 0 Å². The quantitative estimate of drug-likeness (QED) is 0.920. The van der Waals surface area contributed by atoms with Gasteiger partial charge in [0.15, 0.2) is 0 Å². The van der Waals surface area contributed by atoms with E-state index in [0.717, 1.165) is 24.4 Å². The van der Waals surface area contributed by atoms with Gasteiger partial charge in [0.05, 0.1) is 0 Å². The first kappa shape index (κ1) is 14.0. The molecule has 1 saturated heterocycles. The molecule has 0 aromatic heterocycles. The second kappa shape index (κ2) is 5.82. The molecule has 1 aromatic rings. The maximum absolute atomic E-state index is 13.3. The molecule has 2 N–H and O–H groups in total. The van der Waals surface area contributed by atoms with Gasteiger partial charge < -0.3 is 5.73 Å². The number of nitrogens with two attached hydrogens (primary N) is 1. The molecule has 0 bridgehead atoms. The molecule has 3 rings (SSSR count). The highest BCUT2D eigenvalue weighted by Gasteiger charge is 2.39. The average molecular weight is 276 g/mol. The van der Waals surface area contributed by atoms with Crippen molar-refractivity contribution in [2.75, 3.05) is 13.1 Å². The van der Waals surface area contributed by atoms with E-state index >= 15 is 0 Å². The van der Waals surface area contributed by atoms with Gasteiger partial charge in [0, 0.05) is 25.2 Å². The van der Waals surface area contributed by atoms with Gasteiger partial charge in [0.2, 0.25) is 0 Å². The monoisotopic (exact) mass is 276 g/mol. The number of rotatable bonds is 3. The van der Waals surface area contributed by atoms with Crippen molar-refractivity contribution in [1.82, 2.24) is 4.90 Å². The molecule has 1 saturated carbocycles. The second-order valence-corrected chi connectivity index (χ2v) is 6.66. The lowest BCUT2D eigenvalue weighted by Crippen LogP contribution is -2.39. The predicted molar refractivity (Wildman–Crippen MR) is 79.9 cm³/mol. The SMILES string of the molecule is CC(Cc1cccc(F)c1)N1CC2CCCC(N)C2C1. The molecular formula is C17H25FN2. The molecule has 2 fully saturated rings. The summed E-state index contributed by atoms with van der Waals surface area (Å²) in [4.78, 5) is 2.56. The van der Waals surface area contributed by atoms with Crippen LogP contribution in [0.4, 0.5) is 4.39 Å². The van der Waals surface area contributed by atoms with Crippen LogP contribution in [0, 0.1) is 17.7 Å². The van der Waals surface area contributed by atoms with Gasteiger partial charge in [-0.1, -0.05) is 18.6 Å². The van der Waals surface area contributed by atoms with Gasteiger partial charge in [-0.3, -0.25) is 4.90 Å². The Balaban J connectivity index is 1.62. The van der Waals surface area contributed by atoms with Gasteiger partial charge >= 0.3 is 0 Å². The number of fused-ring (bicyclic) bond motifs is 1. The molecule has 0 radical (unpaired) electrons. The number of halogens is 1. The van der Waals surface area contributed by atoms with Crippen LogP contribution in [-0.2, 0) is 6.42 Å². The molecule has 1 aromatic carbocycles. The lowest BCUT2D eigenvalue weighted by molar-refractivity contribution is 0.241.